The molecule has 0 aromatic rings. The van der Waals surface area contributed by atoms with Crippen LogP contribution in [0.15, 0.2) is 0 Å². The van der Waals surface area contributed by atoms with Gasteiger partial charge in [0.2, 0.25) is 0 Å². The van der Waals surface area contributed by atoms with E-state index in [-0.39, 0.29) is 12.6 Å². The quantitative estimate of drug-likeness (QED) is 0.621. The van der Waals surface area contributed by atoms with Crippen LogP contribution in [0.1, 0.15) is 19.3 Å². The molecule has 1 aliphatic carbocycles. The fourth-order valence-corrected chi connectivity index (χ4v) is 2.11. The Bertz CT molecular complexity index is 226. The van der Waals surface area contributed by atoms with E-state index in [1.54, 1.807) is 0 Å². The maximum absolute atomic E-state index is 11.5. The molecule has 0 amide bonds. The Labute approximate surface area is 76.8 Å². The van der Waals surface area contributed by atoms with Crippen molar-refractivity contribution in [3.63, 3.8) is 0 Å². The maximum Gasteiger partial charge on any atom is 0.314 e. The van der Waals surface area contributed by atoms with Crippen LogP contribution in [-0.4, -0.2) is 37.0 Å². The second-order valence-corrected chi connectivity index (χ2v) is 3.91. The van der Waals surface area contributed by atoms with Gasteiger partial charge >= 0.3 is 5.97 Å². The molecule has 4 nitrogen and oxygen atoms in total. The summed E-state index contributed by atoms with van der Waals surface area (Å²) in [6.07, 6.45) is 1.99. The van der Waals surface area contributed by atoms with Crippen molar-refractivity contribution in [3.8, 4) is 0 Å². The molecular weight excluding hydrogens is 172 g/mol. The Hall–Kier alpha value is -0.610. The van der Waals surface area contributed by atoms with E-state index in [1.807, 2.05) is 0 Å². The fraction of sp³-hybridized carbons (Fsp3) is 0.889. The van der Waals surface area contributed by atoms with Gasteiger partial charge in [0, 0.05) is 13.0 Å². The number of carbonyl (C=O) groups is 1. The molecule has 4 heteroatoms. The summed E-state index contributed by atoms with van der Waals surface area (Å²) in [6.45, 7) is 0.803. The van der Waals surface area contributed by atoms with Gasteiger partial charge in [0.15, 0.2) is 0 Å². The second-order valence-electron chi connectivity index (χ2n) is 3.91. The standard InChI is InChI=1S/C9H14O4/c1-12-7(10)8(2-3-8)9(11)4-5-13-6-9/h11H,2-6H2,1H3. The molecule has 0 radical (unpaired) electrons. The molecule has 2 fully saturated rings. The Kier molecular flexibility index (Phi) is 1.85. The third kappa shape index (κ3) is 1.09. The molecule has 0 bridgehead atoms. The van der Waals surface area contributed by atoms with Crippen LogP contribution in [-0.2, 0) is 14.3 Å². The van der Waals surface area contributed by atoms with Crippen molar-refractivity contribution in [1.82, 2.24) is 0 Å². The summed E-state index contributed by atoms with van der Waals surface area (Å²) in [6, 6.07) is 0. The van der Waals surface area contributed by atoms with Gasteiger partial charge < -0.3 is 14.6 Å². The highest BCUT2D eigenvalue weighted by Crippen LogP contribution is 2.57. The normalized spacial score (nSPS) is 35.8. The van der Waals surface area contributed by atoms with Crippen LogP contribution in [0, 0.1) is 5.41 Å². The van der Waals surface area contributed by atoms with Crippen LogP contribution in [0.5, 0.6) is 0 Å². The van der Waals surface area contributed by atoms with Crippen LogP contribution < -0.4 is 0 Å². The lowest BCUT2D eigenvalue weighted by atomic mass is 9.83. The summed E-state index contributed by atoms with van der Waals surface area (Å²) >= 11 is 0. The van der Waals surface area contributed by atoms with Gasteiger partial charge in [-0.3, -0.25) is 4.79 Å². The first-order chi connectivity index (χ1) is 6.15. The highest BCUT2D eigenvalue weighted by molar-refractivity contribution is 5.81. The van der Waals surface area contributed by atoms with Gasteiger partial charge in [-0.15, -0.1) is 0 Å². The number of methoxy groups -OCH3 is 1. The van der Waals surface area contributed by atoms with Crippen molar-refractivity contribution in [2.24, 2.45) is 5.41 Å². The highest BCUT2D eigenvalue weighted by Gasteiger charge is 2.66. The third-order valence-electron chi connectivity index (χ3n) is 3.22. The monoisotopic (exact) mass is 186 g/mol. The molecule has 0 aromatic carbocycles. The first-order valence-corrected chi connectivity index (χ1v) is 4.53. The minimum absolute atomic E-state index is 0.266. The molecule has 1 heterocycles. The maximum atomic E-state index is 11.5. The van der Waals surface area contributed by atoms with Gasteiger partial charge in [-0.2, -0.15) is 0 Å². The number of hydrogen-bond donors (Lipinski definition) is 1. The third-order valence-corrected chi connectivity index (χ3v) is 3.22. The van der Waals surface area contributed by atoms with E-state index in [0.717, 1.165) is 12.8 Å². The summed E-state index contributed by atoms with van der Waals surface area (Å²) in [4.78, 5) is 11.5. The largest absolute Gasteiger partial charge is 0.469 e. The lowest BCUT2D eigenvalue weighted by Crippen LogP contribution is -2.45. The Morgan fingerprint density at radius 2 is 2.15 bits per heavy atom. The number of esters is 1. The molecule has 13 heavy (non-hydrogen) atoms. The lowest BCUT2D eigenvalue weighted by Gasteiger charge is -2.28. The van der Waals surface area contributed by atoms with E-state index < -0.39 is 11.0 Å². The predicted octanol–water partition coefficient (Wildman–Crippen LogP) is 0.0910. The van der Waals surface area contributed by atoms with Crippen molar-refractivity contribution in [2.75, 3.05) is 20.3 Å². The zero-order valence-electron chi connectivity index (χ0n) is 7.71. The van der Waals surface area contributed by atoms with E-state index in [2.05, 4.69) is 0 Å². The van der Waals surface area contributed by atoms with Crippen LogP contribution in [0.2, 0.25) is 0 Å². The Morgan fingerprint density at radius 1 is 1.46 bits per heavy atom. The van der Waals surface area contributed by atoms with Crippen molar-refractivity contribution < 1.29 is 19.4 Å². The zero-order chi connectivity index (χ0) is 9.53. The molecule has 1 saturated carbocycles. The fourth-order valence-electron chi connectivity index (χ4n) is 2.11. The average molecular weight is 186 g/mol. The Morgan fingerprint density at radius 3 is 2.54 bits per heavy atom. The summed E-state index contributed by atoms with van der Waals surface area (Å²) in [5.74, 6) is -0.291. The molecule has 2 aliphatic rings. The van der Waals surface area contributed by atoms with Crippen LogP contribution in [0.25, 0.3) is 0 Å². The molecule has 1 atom stereocenters. The van der Waals surface area contributed by atoms with Crippen LogP contribution in [0.4, 0.5) is 0 Å². The smallest absolute Gasteiger partial charge is 0.314 e. The molecule has 1 aliphatic heterocycles. The van der Waals surface area contributed by atoms with Crippen molar-refractivity contribution >= 4 is 5.97 Å². The van der Waals surface area contributed by atoms with Gasteiger partial charge in [0.1, 0.15) is 5.60 Å². The van der Waals surface area contributed by atoms with Crippen molar-refractivity contribution in [2.45, 2.75) is 24.9 Å². The van der Waals surface area contributed by atoms with E-state index in [1.165, 1.54) is 7.11 Å². The number of carbonyl (C=O) groups excluding carboxylic acids is 1. The Balaban J connectivity index is 2.18. The molecule has 1 N–H and O–H groups in total. The number of hydrogen-bond acceptors (Lipinski definition) is 4. The zero-order valence-corrected chi connectivity index (χ0v) is 7.71. The summed E-state index contributed by atoms with van der Waals surface area (Å²) in [5, 5.41) is 10.2. The number of rotatable bonds is 2. The van der Waals surface area contributed by atoms with Crippen LogP contribution in [0.3, 0.4) is 0 Å². The molecule has 1 saturated heterocycles. The van der Waals surface area contributed by atoms with Gasteiger partial charge in [-0.1, -0.05) is 0 Å². The predicted molar refractivity (Wildman–Crippen MR) is 44.1 cm³/mol. The lowest BCUT2D eigenvalue weighted by molar-refractivity contribution is -0.159. The molecule has 2 rings (SSSR count). The van der Waals surface area contributed by atoms with Gasteiger partial charge in [0.05, 0.1) is 19.1 Å². The molecule has 0 spiro atoms. The molecular formula is C9H14O4. The van der Waals surface area contributed by atoms with Gasteiger partial charge in [-0.05, 0) is 12.8 Å². The summed E-state index contributed by atoms with van der Waals surface area (Å²) in [5.41, 5.74) is -1.63. The van der Waals surface area contributed by atoms with Crippen molar-refractivity contribution in [1.29, 1.82) is 0 Å². The van der Waals surface area contributed by atoms with Gasteiger partial charge in [-0.25, -0.2) is 0 Å². The molecule has 0 aromatic heterocycles. The van der Waals surface area contributed by atoms with Crippen molar-refractivity contribution in [3.05, 3.63) is 0 Å². The first-order valence-electron chi connectivity index (χ1n) is 4.53. The van der Waals surface area contributed by atoms with E-state index in [9.17, 15) is 9.90 Å². The number of ether oxygens (including phenoxy) is 2. The first kappa shape index (κ1) is 8.97. The SMILES string of the molecule is COC(=O)C1(C2(O)CCOC2)CC1. The highest BCUT2D eigenvalue weighted by atomic mass is 16.5. The van der Waals surface area contributed by atoms with Gasteiger partial charge in [0.25, 0.3) is 0 Å². The molecule has 74 valence electrons. The van der Waals surface area contributed by atoms with Crippen LogP contribution >= 0.6 is 0 Å². The second kappa shape index (κ2) is 2.69. The molecule has 1 unspecified atom stereocenters. The van der Waals surface area contributed by atoms with E-state index in [0.29, 0.717) is 13.0 Å². The minimum atomic E-state index is -0.972. The van der Waals surface area contributed by atoms with E-state index in [4.69, 9.17) is 9.47 Å². The topological polar surface area (TPSA) is 55.8 Å². The average Bonchev–Trinajstić information content (AvgIpc) is 2.85. The minimum Gasteiger partial charge on any atom is -0.469 e. The summed E-state index contributed by atoms with van der Waals surface area (Å²) in [7, 11) is 1.36. The van der Waals surface area contributed by atoms with E-state index >= 15 is 0 Å². The summed E-state index contributed by atoms with van der Waals surface area (Å²) < 4.78 is 9.82. The number of aliphatic hydroxyl groups is 1.